The molecule has 0 bridgehead atoms. The van der Waals surface area contributed by atoms with Gasteiger partial charge in [0.25, 0.3) is 5.56 Å². The van der Waals surface area contributed by atoms with Gasteiger partial charge in [0.15, 0.2) is 6.23 Å². The highest BCUT2D eigenvalue weighted by Gasteiger charge is 2.45. The molecule has 5 atom stereocenters. The first-order valence-corrected chi connectivity index (χ1v) is 9.28. The molecule has 25 heavy (non-hydrogen) atoms. The van der Waals surface area contributed by atoms with Crippen molar-refractivity contribution in [3.05, 3.63) is 31.5 Å². The van der Waals surface area contributed by atoms with Crippen LogP contribution >= 0.6 is 23.5 Å². The molecule has 2 rings (SSSR count). The van der Waals surface area contributed by atoms with E-state index in [2.05, 4.69) is 20.5 Å². The third-order valence-electron chi connectivity index (χ3n) is 3.31. The molecule has 0 aliphatic carbocycles. The third-order valence-corrected chi connectivity index (χ3v) is 5.10. The summed E-state index contributed by atoms with van der Waals surface area (Å²) in [5, 5.41) is 28.5. The Balaban J connectivity index is 2.15. The van der Waals surface area contributed by atoms with E-state index < -0.39 is 62.1 Å². The molecule has 2 heterocycles. The van der Waals surface area contributed by atoms with Crippen molar-refractivity contribution in [2.24, 2.45) is 0 Å². The van der Waals surface area contributed by atoms with Crippen LogP contribution in [0.2, 0.25) is 0 Å². The number of H-pyrrole nitrogens is 1. The Morgan fingerprint density at radius 1 is 1.40 bits per heavy atom. The van der Waals surface area contributed by atoms with Gasteiger partial charge in [-0.2, -0.15) is 0 Å². The number of hydrogen-bond acceptors (Lipinski definition) is 8. The maximum atomic E-state index is 11.8. The van der Waals surface area contributed by atoms with Crippen LogP contribution in [-0.2, 0) is 18.6 Å². The lowest BCUT2D eigenvalue weighted by molar-refractivity contribution is -0.134. The van der Waals surface area contributed by atoms with Crippen LogP contribution in [0.4, 0.5) is 0 Å². The number of aromatic nitrogens is 2. The SMILES string of the molecule is O=C(O)CP(=O)(O)OC[C@H]1OC(n2cc(Br)c(=O)[nH]c2=O)[C@@H](O)[C@@H]1O. The number of aromatic amines is 1. The fraction of sp³-hybridized carbons (Fsp3) is 0.545. The van der Waals surface area contributed by atoms with Gasteiger partial charge in [0.2, 0.25) is 0 Å². The largest absolute Gasteiger partial charge is 0.481 e. The van der Waals surface area contributed by atoms with E-state index in [-0.39, 0.29) is 4.47 Å². The summed E-state index contributed by atoms with van der Waals surface area (Å²) in [5.74, 6) is -1.55. The lowest BCUT2D eigenvalue weighted by Gasteiger charge is -2.17. The van der Waals surface area contributed by atoms with E-state index in [0.29, 0.717) is 0 Å². The number of nitrogens with zero attached hydrogens (tertiary/aromatic N) is 1. The van der Waals surface area contributed by atoms with Gasteiger partial charge in [0.1, 0.15) is 24.5 Å². The minimum absolute atomic E-state index is 0.0293. The number of carboxylic acid groups (broad SMARTS) is 1. The second kappa shape index (κ2) is 7.50. The van der Waals surface area contributed by atoms with Gasteiger partial charge in [-0.3, -0.25) is 23.7 Å². The van der Waals surface area contributed by atoms with E-state index in [1.54, 1.807) is 0 Å². The van der Waals surface area contributed by atoms with Crippen molar-refractivity contribution in [2.75, 3.05) is 12.8 Å². The molecule has 0 saturated carbocycles. The molecule has 1 saturated heterocycles. The zero-order chi connectivity index (χ0) is 18.9. The first-order valence-electron chi connectivity index (χ1n) is 6.72. The molecule has 1 aromatic heterocycles. The summed E-state index contributed by atoms with van der Waals surface area (Å²) in [6, 6.07) is 0. The molecule has 1 fully saturated rings. The molecule has 1 aromatic rings. The van der Waals surface area contributed by atoms with Gasteiger partial charge in [-0.1, -0.05) is 0 Å². The molecule has 0 amide bonds. The summed E-state index contributed by atoms with van der Waals surface area (Å²) in [5.41, 5.74) is -1.62. The summed E-state index contributed by atoms with van der Waals surface area (Å²) in [6.07, 6.45) is -6.01. The maximum absolute atomic E-state index is 11.8. The number of aliphatic hydroxyl groups is 2. The van der Waals surface area contributed by atoms with Crippen molar-refractivity contribution in [1.82, 2.24) is 9.55 Å². The molecular weight excluding hydrogens is 431 g/mol. The van der Waals surface area contributed by atoms with E-state index in [1.165, 1.54) is 0 Å². The number of ether oxygens (including phenoxy) is 1. The molecule has 1 aliphatic rings. The Bertz CT molecular complexity index is 822. The number of halogens is 1. The van der Waals surface area contributed by atoms with Crippen LogP contribution in [0.5, 0.6) is 0 Å². The van der Waals surface area contributed by atoms with E-state index in [4.69, 9.17) is 9.84 Å². The molecule has 0 spiro atoms. The fourth-order valence-corrected chi connectivity index (χ4v) is 3.29. The Morgan fingerprint density at radius 3 is 2.64 bits per heavy atom. The molecule has 2 unspecified atom stereocenters. The second-order valence-corrected chi connectivity index (χ2v) is 7.88. The van der Waals surface area contributed by atoms with E-state index in [1.807, 2.05) is 4.98 Å². The topological polar surface area (TPSA) is 188 Å². The third kappa shape index (κ3) is 4.64. The zero-order valence-corrected chi connectivity index (χ0v) is 14.8. The average molecular weight is 445 g/mol. The summed E-state index contributed by atoms with van der Waals surface area (Å²) in [4.78, 5) is 44.9. The average Bonchev–Trinajstić information content (AvgIpc) is 2.76. The number of hydrogen-bond donors (Lipinski definition) is 5. The molecule has 0 aromatic carbocycles. The number of carboxylic acids is 1. The number of aliphatic hydroxyl groups excluding tert-OH is 2. The van der Waals surface area contributed by atoms with Gasteiger partial charge in [0, 0.05) is 6.20 Å². The molecule has 1 aliphatic heterocycles. The van der Waals surface area contributed by atoms with Gasteiger partial charge in [-0.15, -0.1) is 0 Å². The van der Waals surface area contributed by atoms with Crippen LogP contribution in [0, 0.1) is 0 Å². The Kier molecular flexibility index (Phi) is 5.99. The predicted molar refractivity (Wildman–Crippen MR) is 83.2 cm³/mol. The first-order chi connectivity index (χ1) is 11.5. The lowest BCUT2D eigenvalue weighted by atomic mass is 10.1. The van der Waals surface area contributed by atoms with Crippen LogP contribution in [0.15, 0.2) is 20.3 Å². The van der Waals surface area contributed by atoms with Crippen molar-refractivity contribution in [2.45, 2.75) is 24.5 Å². The van der Waals surface area contributed by atoms with Gasteiger partial charge < -0.3 is 29.5 Å². The normalized spacial score (nSPS) is 28.6. The smallest absolute Gasteiger partial charge is 0.339 e. The highest BCUT2D eigenvalue weighted by Crippen LogP contribution is 2.42. The molecule has 14 heteroatoms. The van der Waals surface area contributed by atoms with Gasteiger partial charge in [-0.05, 0) is 15.9 Å². The highest BCUT2D eigenvalue weighted by molar-refractivity contribution is 9.10. The van der Waals surface area contributed by atoms with Crippen LogP contribution in [0.3, 0.4) is 0 Å². The highest BCUT2D eigenvalue weighted by atomic mass is 79.9. The van der Waals surface area contributed by atoms with E-state index in [0.717, 1.165) is 10.8 Å². The van der Waals surface area contributed by atoms with Crippen LogP contribution < -0.4 is 11.2 Å². The van der Waals surface area contributed by atoms with Gasteiger partial charge in [0.05, 0.1) is 11.1 Å². The maximum Gasteiger partial charge on any atom is 0.339 e. The molecule has 5 N–H and O–H groups in total. The zero-order valence-electron chi connectivity index (χ0n) is 12.3. The minimum atomic E-state index is -4.46. The standard InChI is InChI=1S/C11H14BrN2O10P/c12-4-1-14(11(20)13-9(4)19)10-8(18)7(17)5(24-10)2-23-25(21,22)3-6(15)16/h1,5,7-8,10,17-18H,2-3H2,(H,15,16)(H,21,22)(H,13,19,20)/t5-,7-,8+,10?/m1/s1. The second-order valence-electron chi connectivity index (χ2n) is 5.17. The first kappa shape index (κ1) is 20.0. The van der Waals surface area contributed by atoms with Crippen LogP contribution in [-0.4, -0.2) is 66.8 Å². The van der Waals surface area contributed by atoms with Crippen LogP contribution in [0.25, 0.3) is 0 Å². The molecule has 12 nitrogen and oxygen atoms in total. The molecular formula is C11H14BrN2O10P. The van der Waals surface area contributed by atoms with Crippen LogP contribution in [0.1, 0.15) is 6.23 Å². The predicted octanol–water partition coefficient (Wildman–Crippen LogP) is -1.80. The Labute approximate surface area is 147 Å². The van der Waals surface area contributed by atoms with E-state index in [9.17, 15) is 34.1 Å². The van der Waals surface area contributed by atoms with Crippen molar-refractivity contribution >= 4 is 29.5 Å². The Morgan fingerprint density at radius 2 is 2.04 bits per heavy atom. The summed E-state index contributed by atoms with van der Waals surface area (Å²) < 4.78 is 22.1. The monoisotopic (exact) mass is 444 g/mol. The van der Waals surface area contributed by atoms with E-state index >= 15 is 0 Å². The number of carbonyl (C=O) groups is 1. The molecule has 140 valence electrons. The summed E-state index contributed by atoms with van der Waals surface area (Å²) in [6.45, 7) is -0.699. The van der Waals surface area contributed by atoms with Crippen molar-refractivity contribution in [1.29, 1.82) is 0 Å². The van der Waals surface area contributed by atoms with Crippen molar-refractivity contribution in [3.8, 4) is 0 Å². The number of nitrogens with one attached hydrogen (secondary N) is 1. The lowest BCUT2D eigenvalue weighted by Crippen LogP contribution is -2.38. The number of rotatable bonds is 6. The van der Waals surface area contributed by atoms with Gasteiger partial charge in [-0.25, -0.2) is 4.79 Å². The Hall–Kier alpha value is -1.34. The summed E-state index contributed by atoms with van der Waals surface area (Å²) in [7, 11) is -4.46. The molecule has 0 radical (unpaired) electrons. The van der Waals surface area contributed by atoms with Gasteiger partial charge >= 0.3 is 19.3 Å². The van der Waals surface area contributed by atoms with Crippen molar-refractivity contribution < 1.29 is 38.8 Å². The minimum Gasteiger partial charge on any atom is -0.481 e. The number of aliphatic carboxylic acids is 1. The summed E-state index contributed by atoms with van der Waals surface area (Å²) >= 11 is 2.90. The fourth-order valence-electron chi connectivity index (χ4n) is 2.15. The van der Waals surface area contributed by atoms with Crippen molar-refractivity contribution in [3.63, 3.8) is 0 Å². The quantitative estimate of drug-likeness (QED) is 0.313.